The van der Waals surface area contributed by atoms with E-state index in [0.717, 1.165) is 17.2 Å². The molecule has 0 saturated heterocycles. The lowest BCUT2D eigenvalue weighted by Crippen LogP contribution is -2.25. The van der Waals surface area contributed by atoms with Crippen molar-refractivity contribution < 1.29 is 0 Å². The highest BCUT2D eigenvalue weighted by molar-refractivity contribution is 5.82. The first-order valence-electron chi connectivity index (χ1n) is 6.33. The summed E-state index contributed by atoms with van der Waals surface area (Å²) < 4.78 is 0. The summed E-state index contributed by atoms with van der Waals surface area (Å²) in [6.45, 7) is 2.48. The second-order valence-corrected chi connectivity index (χ2v) is 4.73. The first kappa shape index (κ1) is 12.0. The van der Waals surface area contributed by atoms with Gasteiger partial charge in [0.15, 0.2) is 0 Å². The van der Waals surface area contributed by atoms with Crippen molar-refractivity contribution in [3.63, 3.8) is 0 Å². The van der Waals surface area contributed by atoms with Crippen molar-refractivity contribution in [2.75, 3.05) is 0 Å². The maximum absolute atomic E-state index is 6.03. The number of aliphatic imine (C=N–C) groups is 1. The van der Waals surface area contributed by atoms with Crippen LogP contribution in [-0.4, -0.2) is 15.8 Å². The molecule has 0 aromatic carbocycles. The van der Waals surface area contributed by atoms with Crippen LogP contribution < -0.4 is 5.73 Å². The van der Waals surface area contributed by atoms with Gasteiger partial charge in [0.05, 0.1) is 30.0 Å². The molecule has 2 N–H and O–H groups in total. The van der Waals surface area contributed by atoms with Crippen LogP contribution in [0.15, 0.2) is 17.4 Å². The van der Waals surface area contributed by atoms with Gasteiger partial charge in [-0.25, -0.2) is 0 Å². The Kier molecular flexibility index (Phi) is 4.07. The lowest BCUT2D eigenvalue weighted by atomic mass is 9.88. The number of rotatable bonds is 3. The summed E-state index contributed by atoms with van der Waals surface area (Å²) in [5.41, 5.74) is 7.84. The quantitative estimate of drug-likeness (QED) is 0.642. The normalized spacial score (nSPS) is 18.3. The summed E-state index contributed by atoms with van der Waals surface area (Å²) in [4.78, 5) is 12.9. The molecule has 1 saturated carbocycles. The highest BCUT2D eigenvalue weighted by atomic mass is 14.9. The topological polar surface area (TPSA) is 64.2 Å². The number of aromatic nitrogens is 2. The fourth-order valence-corrected chi connectivity index (χ4v) is 2.20. The third-order valence-electron chi connectivity index (χ3n) is 3.28. The van der Waals surface area contributed by atoms with E-state index in [9.17, 15) is 0 Å². The molecule has 2 rings (SSSR count). The van der Waals surface area contributed by atoms with Gasteiger partial charge in [-0.1, -0.05) is 19.3 Å². The van der Waals surface area contributed by atoms with Crippen molar-refractivity contribution in [2.45, 2.75) is 45.6 Å². The average molecular weight is 232 g/mol. The van der Waals surface area contributed by atoms with Gasteiger partial charge in [0.25, 0.3) is 0 Å². The summed E-state index contributed by atoms with van der Waals surface area (Å²) in [5, 5.41) is 0. The zero-order chi connectivity index (χ0) is 12.1. The van der Waals surface area contributed by atoms with Gasteiger partial charge < -0.3 is 5.73 Å². The number of aryl methyl sites for hydroxylation is 1. The average Bonchev–Trinajstić information content (AvgIpc) is 2.39. The minimum absolute atomic E-state index is 0.488. The SMILES string of the molecule is Cc1cnc(CN=C(N)C2CCCCC2)cn1. The maximum atomic E-state index is 6.03. The molecular formula is C13H20N4. The molecule has 1 aromatic heterocycles. The van der Waals surface area contributed by atoms with E-state index in [0.29, 0.717) is 12.5 Å². The van der Waals surface area contributed by atoms with Crippen molar-refractivity contribution in [2.24, 2.45) is 16.6 Å². The predicted octanol–water partition coefficient (Wildman–Crippen LogP) is 2.22. The van der Waals surface area contributed by atoms with E-state index >= 15 is 0 Å². The van der Waals surface area contributed by atoms with Crippen molar-refractivity contribution in [1.29, 1.82) is 0 Å². The van der Waals surface area contributed by atoms with E-state index in [1.165, 1.54) is 32.1 Å². The van der Waals surface area contributed by atoms with Crippen molar-refractivity contribution >= 4 is 5.84 Å². The minimum Gasteiger partial charge on any atom is -0.387 e. The zero-order valence-electron chi connectivity index (χ0n) is 10.4. The molecule has 0 radical (unpaired) electrons. The number of amidine groups is 1. The molecule has 0 aliphatic heterocycles. The van der Waals surface area contributed by atoms with Crippen LogP contribution >= 0.6 is 0 Å². The van der Waals surface area contributed by atoms with Crippen molar-refractivity contribution in [1.82, 2.24) is 9.97 Å². The Bertz CT molecular complexity index is 377. The first-order chi connectivity index (χ1) is 8.25. The number of hydrogen-bond acceptors (Lipinski definition) is 3. The van der Waals surface area contributed by atoms with E-state index in [-0.39, 0.29) is 0 Å². The molecule has 0 bridgehead atoms. The van der Waals surface area contributed by atoms with E-state index in [2.05, 4.69) is 15.0 Å². The Morgan fingerprint density at radius 1 is 1.29 bits per heavy atom. The van der Waals surface area contributed by atoms with Gasteiger partial charge in [0.2, 0.25) is 0 Å². The molecule has 1 aliphatic rings. The van der Waals surface area contributed by atoms with E-state index in [4.69, 9.17) is 5.73 Å². The molecule has 92 valence electrons. The summed E-state index contributed by atoms with van der Waals surface area (Å²) in [6.07, 6.45) is 9.82. The highest BCUT2D eigenvalue weighted by Crippen LogP contribution is 2.23. The molecule has 0 amide bonds. The maximum Gasteiger partial charge on any atom is 0.0973 e. The number of nitrogens with zero attached hydrogens (tertiary/aromatic N) is 3. The van der Waals surface area contributed by atoms with Crippen LogP contribution in [0.25, 0.3) is 0 Å². The standard InChI is InChI=1S/C13H20N4/c1-10-7-16-12(8-15-10)9-17-13(14)11-5-3-2-4-6-11/h7-8,11H,2-6,9H2,1H3,(H2,14,17). The molecule has 0 spiro atoms. The monoisotopic (exact) mass is 232 g/mol. The van der Waals surface area contributed by atoms with Crippen LogP contribution in [0.3, 0.4) is 0 Å². The Labute approximate surface area is 102 Å². The smallest absolute Gasteiger partial charge is 0.0973 e. The van der Waals surface area contributed by atoms with Crippen LogP contribution in [0, 0.1) is 12.8 Å². The highest BCUT2D eigenvalue weighted by Gasteiger charge is 2.16. The predicted molar refractivity (Wildman–Crippen MR) is 68.7 cm³/mol. The Hall–Kier alpha value is -1.45. The molecule has 4 nitrogen and oxygen atoms in total. The van der Waals surface area contributed by atoms with Gasteiger partial charge in [-0.3, -0.25) is 15.0 Å². The van der Waals surface area contributed by atoms with Crippen LogP contribution in [0.5, 0.6) is 0 Å². The van der Waals surface area contributed by atoms with E-state index in [1.807, 2.05) is 6.92 Å². The third kappa shape index (κ3) is 3.51. The van der Waals surface area contributed by atoms with Crippen molar-refractivity contribution in [3.05, 3.63) is 23.8 Å². The Balaban J connectivity index is 1.92. The fraction of sp³-hybridized carbons (Fsp3) is 0.615. The Morgan fingerprint density at radius 2 is 2.06 bits per heavy atom. The van der Waals surface area contributed by atoms with Gasteiger partial charge in [-0.15, -0.1) is 0 Å². The zero-order valence-corrected chi connectivity index (χ0v) is 10.4. The molecule has 0 atom stereocenters. The summed E-state index contributed by atoms with van der Waals surface area (Å²) in [5.74, 6) is 1.29. The van der Waals surface area contributed by atoms with Crippen LogP contribution in [-0.2, 0) is 6.54 Å². The van der Waals surface area contributed by atoms with Crippen LogP contribution in [0.2, 0.25) is 0 Å². The second kappa shape index (κ2) is 5.75. The molecule has 1 aliphatic carbocycles. The largest absolute Gasteiger partial charge is 0.387 e. The molecule has 0 unspecified atom stereocenters. The lowest BCUT2D eigenvalue weighted by molar-refractivity contribution is 0.436. The number of hydrogen-bond donors (Lipinski definition) is 1. The molecule has 1 heterocycles. The molecule has 17 heavy (non-hydrogen) atoms. The van der Waals surface area contributed by atoms with Crippen LogP contribution in [0.1, 0.15) is 43.5 Å². The van der Waals surface area contributed by atoms with Gasteiger partial charge >= 0.3 is 0 Å². The number of nitrogens with two attached hydrogens (primary N) is 1. The third-order valence-corrected chi connectivity index (χ3v) is 3.28. The van der Waals surface area contributed by atoms with E-state index < -0.39 is 0 Å². The summed E-state index contributed by atoms with van der Waals surface area (Å²) in [6, 6.07) is 0. The fourth-order valence-electron chi connectivity index (χ4n) is 2.20. The van der Waals surface area contributed by atoms with Gasteiger partial charge in [0.1, 0.15) is 0 Å². The first-order valence-corrected chi connectivity index (χ1v) is 6.33. The molecule has 1 aromatic rings. The Morgan fingerprint density at radius 3 is 2.71 bits per heavy atom. The minimum atomic E-state index is 0.488. The molecule has 4 heteroatoms. The van der Waals surface area contributed by atoms with Crippen molar-refractivity contribution in [3.8, 4) is 0 Å². The molecular weight excluding hydrogens is 212 g/mol. The lowest BCUT2D eigenvalue weighted by Gasteiger charge is -2.20. The van der Waals surface area contributed by atoms with Crippen LogP contribution in [0.4, 0.5) is 0 Å². The summed E-state index contributed by atoms with van der Waals surface area (Å²) >= 11 is 0. The van der Waals surface area contributed by atoms with E-state index in [1.54, 1.807) is 12.4 Å². The second-order valence-electron chi connectivity index (χ2n) is 4.73. The molecule has 1 fully saturated rings. The van der Waals surface area contributed by atoms with Gasteiger partial charge in [-0.05, 0) is 19.8 Å². The summed E-state index contributed by atoms with van der Waals surface area (Å²) in [7, 11) is 0. The van der Waals surface area contributed by atoms with Gasteiger partial charge in [0, 0.05) is 12.1 Å². The van der Waals surface area contributed by atoms with Gasteiger partial charge in [-0.2, -0.15) is 0 Å².